The summed E-state index contributed by atoms with van der Waals surface area (Å²) in [5.74, 6) is -1.34. The van der Waals surface area contributed by atoms with E-state index >= 15 is 0 Å². The molecule has 0 saturated heterocycles. The number of fused-ring (bicyclic) bond motifs is 1. The zero-order chi connectivity index (χ0) is 15.7. The molecule has 4 nitrogen and oxygen atoms in total. The van der Waals surface area contributed by atoms with Gasteiger partial charge in [0, 0.05) is 29.1 Å². The van der Waals surface area contributed by atoms with Crippen LogP contribution in [0.15, 0.2) is 48.7 Å². The second-order valence-corrected chi connectivity index (χ2v) is 5.17. The average molecular weight is 298 g/mol. The van der Waals surface area contributed by atoms with E-state index in [2.05, 4.69) is 4.98 Å². The second kappa shape index (κ2) is 5.61. The number of benzene rings is 2. The molecule has 3 rings (SSSR count). The number of aliphatic carboxylic acids is 1. The van der Waals surface area contributed by atoms with Crippen LogP contribution in [0.5, 0.6) is 0 Å². The highest BCUT2D eigenvalue weighted by atomic mass is 19.1. The minimum atomic E-state index is -1.04. The van der Waals surface area contributed by atoms with Gasteiger partial charge in [0.15, 0.2) is 0 Å². The number of aromatic nitrogens is 1. The Morgan fingerprint density at radius 1 is 1.18 bits per heavy atom. The zero-order valence-corrected chi connectivity index (χ0v) is 11.7. The summed E-state index contributed by atoms with van der Waals surface area (Å²) in [5, 5.41) is 9.80. The van der Waals surface area contributed by atoms with Crippen molar-refractivity contribution in [2.45, 2.75) is 12.5 Å². The van der Waals surface area contributed by atoms with Crippen LogP contribution in [0.25, 0.3) is 22.0 Å². The van der Waals surface area contributed by atoms with Gasteiger partial charge in [-0.25, -0.2) is 4.39 Å². The number of para-hydroxylation sites is 1. The number of H-pyrrole nitrogens is 1. The van der Waals surface area contributed by atoms with Crippen molar-refractivity contribution >= 4 is 16.9 Å². The van der Waals surface area contributed by atoms with Gasteiger partial charge in [0.05, 0.1) is 5.52 Å². The number of hydrogen-bond acceptors (Lipinski definition) is 2. The topological polar surface area (TPSA) is 79.1 Å². The smallest absolute Gasteiger partial charge is 0.320 e. The third-order valence-electron chi connectivity index (χ3n) is 3.72. The molecular weight excluding hydrogens is 283 g/mol. The molecule has 22 heavy (non-hydrogen) atoms. The molecule has 0 unspecified atom stereocenters. The molecule has 2 aromatic carbocycles. The molecule has 0 amide bonds. The van der Waals surface area contributed by atoms with Crippen molar-refractivity contribution < 1.29 is 14.3 Å². The molecule has 0 aliphatic carbocycles. The Morgan fingerprint density at radius 3 is 2.64 bits per heavy atom. The Balaban J connectivity index is 2.10. The average Bonchev–Trinajstić information content (AvgIpc) is 2.91. The maximum atomic E-state index is 14.0. The molecule has 0 aliphatic heterocycles. The van der Waals surface area contributed by atoms with Crippen molar-refractivity contribution in [1.82, 2.24) is 4.98 Å². The van der Waals surface area contributed by atoms with E-state index in [1.165, 1.54) is 6.07 Å². The van der Waals surface area contributed by atoms with Gasteiger partial charge in [-0.1, -0.05) is 36.4 Å². The van der Waals surface area contributed by atoms with Crippen molar-refractivity contribution in [3.63, 3.8) is 0 Å². The molecule has 0 fully saturated rings. The van der Waals surface area contributed by atoms with E-state index in [0.29, 0.717) is 5.56 Å². The van der Waals surface area contributed by atoms with Gasteiger partial charge < -0.3 is 15.8 Å². The van der Waals surface area contributed by atoms with Crippen LogP contribution in [0.2, 0.25) is 0 Å². The van der Waals surface area contributed by atoms with Crippen LogP contribution in [0.4, 0.5) is 4.39 Å². The lowest BCUT2D eigenvalue weighted by atomic mass is 9.99. The predicted octanol–water partition coefficient (Wildman–Crippen LogP) is 2.93. The normalized spacial score (nSPS) is 12.5. The first-order chi connectivity index (χ1) is 10.6. The van der Waals surface area contributed by atoms with Crippen molar-refractivity contribution in [2.24, 2.45) is 5.73 Å². The van der Waals surface area contributed by atoms with E-state index in [0.717, 1.165) is 22.0 Å². The lowest BCUT2D eigenvalue weighted by Crippen LogP contribution is -2.32. The second-order valence-electron chi connectivity index (χ2n) is 5.17. The molecule has 1 heterocycles. The van der Waals surface area contributed by atoms with E-state index in [1.54, 1.807) is 24.4 Å². The van der Waals surface area contributed by atoms with Gasteiger partial charge in [-0.2, -0.15) is 0 Å². The Labute approximate surface area is 126 Å². The summed E-state index contributed by atoms with van der Waals surface area (Å²) >= 11 is 0. The highest BCUT2D eigenvalue weighted by Gasteiger charge is 2.16. The zero-order valence-electron chi connectivity index (χ0n) is 11.7. The lowest BCUT2D eigenvalue weighted by molar-refractivity contribution is -0.138. The summed E-state index contributed by atoms with van der Waals surface area (Å²) in [6.45, 7) is 0. The number of halogens is 1. The molecule has 4 N–H and O–H groups in total. The van der Waals surface area contributed by atoms with Crippen molar-refractivity contribution in [3.05, 3.63) is 60.0 Å². The van der Waals surface area contributed by atoms with Crippen LogP contribution in [0, 0.1) is 5.82 Å². The summed E-state index contributed by atoms with van der Waals surface area (Å²) in [6, 6.07) is 11.1. The quantitative estimate of drug-likeness (QED) is 0.693. The van der Waals surface area contributed by atoms with E-state index in [1.807, 2.05) is 18.2 Å². The number of nitrogens with two attached hydrogens (primary N) is 1. The molecule has 112 valence electrons. The van der Waals surface area contributed by atoms with Gasteiger partial charge in [0.25, 0.3) is 0 Å². The first-order valence-electron chi connectivity index (χ1n) is 6.90. The fourth-order valence-electron chi connectivity index (χ4n) is 2.61. The highest BCUT2D eigenvalue weighted by Crippen LogP contribution is 2.31. The number of hydrogen-bond donors (Lipinski definition) is 3. The van der Waals surface area contributed by atoms with Gasteiger partial charge >= 0.3 is 5.97 Å². The molecule has 0 spiro atoms. The number of rotatable bonds is 4. The van der Waals surface area contributed by atoms with Crippen molar-refractivity contribution in [1.29, 1.82) is 0 Å². The fraction of sp³-hybridized carbons (Fsp3) is 0.118. The van der Waals surface area contributed by atoms with Gasteiger partial charge in [0.2, 0.25) is 0 Å². The Kier molecular flexibility index (Phi) is 3.65. The van der Waals surface area contributed by atoms with Gasteiger partial charge in [-0.3, -0.25) is 4.79 Å². The summed E-state index contributed by atoms with van der Waals surface area (Å²) in [6.07, 6.45) is 1.95. The molecule has 0 aliphatic rings. The van der Waals surface area contributed by atoms with Gasteiger partial charge in [0.1, 0.15) is 11.9 Å². The molecule has 5 heteroatoms. The van der Waals surface area contributed by atoms with Crippen LogP contribution in [0.3, 0.4) is 0 Å². The monoisotopic (exact) mass is 298 g/mol. The van der Waals surface area contributed by atoms with Gasteiger partial charge in [-0.15, -0.1) is 0 Å². The van der Waals surface area contributed by atoms with E-state index in [4.69, 9.17) is 10.8 Å². The summed E-state index contributed by atoms with van der Waals surface area (Å²) in [5.41, 5.74) is 8.43. The predicted molar refractivity (Wildman–Crippen MR) is 83.0 cm³/mol. The minimum Gasteiger partial charge on any atom is -0.480 e. The molecular formula is C17H15FN2O2. The summed E-state index contributed by atoms with van der Waals surface area (Å²) in [4.78, 5) is 14.0. The third-order valence-corrected chi connectivity index (χ3v) is 3.72. The lowest BCUT2D eigenvalue weighted by Gasteiger charge is -2.07. The SMILES string of the molecule is N[C@@H](Cc1c[nH]c2c(-c3ccccc3F)cccc12)C(=O)O. The van der Waals surface area contributed by atoms with E-state index < -0.39 is 12.0 Å². The van der Waals surface area contributed by atoms with Crippen molar-refractivity contribution in [3.8, 4) is 11.1 Å². The van der Waals surface area contributed by atoms with Crippen LogP contribution < -0.4 is 5.73 Å². The summed E-state index contributed by atoms with van der Waals surface area (Å²) in [7, 11) is 0. The maximum absolute atomic E-state index is 14.0. The van der Waals surface area contributed by atoms with Crippen LogP contribution in [0.1, 0.15) is 5.56 Å². The summed E-state index contributed by atoms with van der Waals surface area (Å²) < 4.78 is 14.0. The third kappa shape index (κ3) is 2.46. The fourth-order valence-corrected chi connectivity index (χ4v) is 2.61. The Hall–Kier alpha value is -2.66. The number of carboxylic acids is 1. The van der Waals surface area contributed by atoms with Gasteiger partial charge in [-0.05, 0) is 11.6 Å². The first-order valence-corrected chi connectivity index (χ1v) is 6.90. The van der Waals surface area contributed by atoms with Crippen LogP contribution in [-0.4, -0.2) is 22.1 Å². The molecule has 3 aromatic rings. The van der Waals surface area contributed by atoms with E-state index in [9.17, 15) is 9.18 Å². The first kappa shape index (κ1) is 14.3. The highest BCUT2D eigenvalue weighted by molar-refractivity contribution is 5.96. The largest absolute Gasteiger partial charge is 0.480 e. The molecule has 1 aromatic heterocycles. The minimum absolute atomic E-state index is 0.218. The van der Waals surface area contributed by atoms with Crippen LogP contribution in [-0.2, 0) is 11.2 Å². The maximum Gasteiger partial charge on any atom is 0.320 e. The number of carboxylic acid groups (broad SMARTS) is 1. The Bertz CT molecular complexity index is 842. The molecule has 0 saturated carbocycles. The standard InChI is InChI=1S/C17H15FN2O2/c18-14-7-2-1-4-12(14)13-6-3-5-11-10(9-20-16(11)13)8-15(19)17(21)22/h1-7,9,15,20H,8,19H2,(H,21,22)/t15-/m0/s1. The van der Waals surface area contributed by atoms with Crippen molar-refractivity contribution in [2.75, 3.05) is 0 Å². The number of carbonyl (C=O) groups is 1. The number of aromatic amines is 1. The molecule has 0 radical (unpaired) electrons. The molecule has 1 atom stereocenters. The van der Waals surface area contributed by atoms with Crippen LogP contribution >= 0.6 is 0 Å². The number of nitrogens with one attached hydrogen (secondary N) is 1. The molecule has 0 bridgehead atoms. The Morgan fingerprint density at radius 2 is 1.91 bits per heavy atom. The van der Waals surface area contributed by atoms with E-state index in [-0.39, 0.29) is 12.2 Å².